The smallest absolute Gasteiger partial charge is 0.303 e. The fourth-order valence-electron chi connectivity index (χ4n) is 2.42. The lowest BCUT2D eigenvalue weighted by molar-refractivity contribution is -0.139. The minimum atomic E-state index is -0.781. The second-order valence-electron chi connectivity index (χ2n) is 5.61. The maximum absolute atomic E-state index is 10.7. The Morgan fingerprint density at radius 1 is 0.889 bits per heavy atom. The zero-order chi connectivity index (χ0) is 14.3. The first-order valence-corrected chi connectivity index (χ1v) is 6.69. The average molecular weight is 258 g/mol. The Kier molecular flexibility index (Phi) is 7.64. The van der Waals surface area contributed by atoms with Gasteiger partial charge in [-0.15, -0.1) is 0 Å². The standard InChI is InChI=1S/C14H26O4/c1-9(2)11(4)12(6-8-14(17)18)10(3)5-7-13(15)16/h9-12H,5-8H2,1-4H3,(H,15,16)(H,17,18). The van der Waals surface area contributed by atoms with Crippen LogP contribution in [0.15, 0.2) is 0 Å². The highest BCUT2D eigenvalue weighted by Gasteiger charge is 2.26. The number of hydrogen-bond acceptors (Lipinski definition) is 2. The Balaban J connectivity index is 4.52. The molecule has 0 aliphatic rings. The van der Waals surface area contributed by atoms with Crippen LogP contribution in [0.25, 0.3) is 0 Å². The largest absolute Gasteiger partial charge is 0.481 e. The highest BCUT2D eigenvalue weighted by Crippen LogP contribution is 2.33. The highest BCUT2D eigenvalue weighted by atomic mass is 16.4. The molecule has 0 aliphatic heterocycles. The molecule has 0 aliphatic carbocycles. The molecular weight excluding hydrogens is 232 g/mol. The molecule has 0 aromatic carbocycles. The zero-order valence-electron chi connectivity index (χ0n) is 11.8. The predicted octanol–water partition coefficient (Wildman–Crippen LogP) is 3.26. The number of rotatable bonds is 9. The molecule has 0 saturated heterocycles. The van der Waals surface area contributed by atoms with E-state index in [0.29, 0.717) is 24.7 Å². The van der Waals surface area contributed by atoms with Crippen molar-refractivity contribution in [2.75, 3.05) is 0 Å². The second kappa shape index (κ2) is 8.11. The van der Waals surface area contributed by atoms with Gasteiger partial charge in [-0.25, -0.2) is 0 Å². The van der Waals surface area contributed by atoms with Crippen LogP contribution in [0.3, 0.4) is 0 Å². The minimum absolute atomic E-state index is 0.162. The van der Waals surface area contributed by atoms with Gasteiger partial charge in [0.15, 0.2) is 0 Å². The maximum Gasteiger partial charge on any atom is 0.303 e. The summed E-state index contributed by atoms with van der Waals surface area (Å²) in [6, 6.07) is 0. The Morgan fingerprint density at radius 3 is 1.72 bits per heavy atom. The van der Waals surface area contributed by atoms with E-state index >= 15 is 0 Å². The van der Waals surface area contributed by atoms with Crippen LogP contribution in [0.2, 0.25) is 0 Å². The molecule has 0 saturated carbocycles. The molecule has 0 amide bonds. The van der Waals surface area contributed by atoms with Crippen molar-refractivity contribution in [1.82, 2.24) is 0 Å². The monoisotopic (exact) mass is 258 g/mol. The van der Waals surface area contributed by atoms with Crippen molar-refractivity contribution in [2.24, 2.45) is 23.7 Å². The number of carboxylic acids is 2. The summed E-state index contributed by atoms with van der Waals surface area (Å²) in [7, 11) is 0. The molecule has 0 fully saturated rings. The van der Waals surface area contributed by atoms with Gasteiger partial charge >= 0.3 is 11.9 Å². The predicted molar refractivity (Wildman–Crippen MR) is 70.4 cm³/mol. The van der Waals surface area contributed by atoms with Crippen LogP contribution in [0, 0.1) is 23.7 Å². The third-order valence-corrected chi connectivity index (χ3v) is 3.96. The van der Waals surface area contributed by atoms with Crippen molar-refractivity contribution in [3.8, 4) is 0 Å². The lowest BCUT2D eigenvalue weighted by Crippen LogP contribution is -2.25. The van der Waals surface area contributed by atoms with Gasteiger partial charge in [0.2, 0.25) is 0 Å². The fourth-order valence-corrected chi connectivity index (χ4v) is 2.42. The fraction of sp³-hybridized carbons (Fsp3) is 0.857. The first kappa shape index (κ1) is 16.9. The summed E-state index contributed by atoms with van der Waals surface area (Å²) in [6.07, 6.45) is 1.58. The molecule has 18 heavy (non-hydrogen) atoms. The van der Waals surface area contributed by atoms with Gasteiger partial charge in [0.1, 0.15) is 0 Å². The number of carbonyl (C=O) groups is 2. The molecule has 4 nitrogen and oxygen atoms in total. The van der Waals surface area contributed by atoms with Crippen molar-refractivity contribution in [3.63, 3.8) is 0 Å². The minimum Gasteiger partial charge on any atom is -0.481 e. The number of hydrogen-bond donors (Lipinski definition) is 2. The molecule has 106 valence electrons. The molecule has 0 spiro atoms. The summed E-state index contributed by atoms with van der Waals surface area (Å²) in [4.78, 5) is 21.3. The van der Waals surface area contributed by atoms with Gasteiger partial charge in [-0.05, 0) is 36.5 Å². The van der Waals surface area contributed by atoms with Crippen LogP contribution in [-0.2, 0) is 9.59 Å². The van der Waals surface area contributed by atoms with E-state index in [1.165, 1.54) is 0 Å². The lowest BCUT2D eigenvalue weighted by Gasteiger charge is -2.31. The third-order valence-electron chi connectivity index (χ3n) is 3.96. The van der Waals surface area contributed by atoms with Gasteiger partial charge < -0.3 is 10.2 Å². The van der Waals surface area contributed by atoms with Gasteiger partial charge in [0.25, 0.3) is 0 Å². The van der Waals surface area contributed by atoms with Crippen molar-refractivity contribution in [1.29, 1.82) is 0 Å². The van der Waals surface area contributed by atoms with Gasteiger partial charge in [0, 0.05) is 12.8 Å². The Labute approximate surface area is 109 Å². The maximum atomic E-state index is 10.7. The molecule has 0 radical (unpaired) electrons. The molecule has 0 heterocycles. The second-order valence-corrected chi connectivity index (χ2v) is 5.61. The SMILES string of the molecule is CC(C)C(C)C(CCC(=O)O)C(C)CCC(=O)O. The Hall–Kier alpha value is -1.06. The van der Waals surface area contributed by atoms with E-state index in [9.17, 15) is 9.59 Å². The van der Waals surface area contributed by atoms with Gasteiger partial charge in [-0.1, -0.05) is 27.7 Å². The van der Waals surface area contributed by atoms with Gasteiger partial charge in [-0.3, -0.25) is 9.59 Å². The van der Waals surface area contributed by atoms with Gasteiger partial charge in [0.05, 0.1) is 0 Å². The van der Waals surface area contributed by atoms with Crippen molar-refractivity contribution >= 4 is 11.9 Å². The average Bonchev–Trinajstić information content (AvgIpc) is 2.25. The third kappa shape index (κ3) is 6.62. The molecule has 0 aromatic rings. The van der Waals surface area contributed by atoms with Crippen molar-refractivity contribution < 1.29 is 19.8 Å². The highest BCUT2D eigenvalue weighted by molar-refractivity contribution is 5.67. The Bertz CT molecular complexity index is 273. The van der Waals surface area contributed by atoms with Crippen LogP contribution in [0.5, 0.6) is 0 Å². The van der Waals surface area contributed by atoms with Crippen LogP contribution in [0.1, 0.15) is 53.4 Å². The molecule has 0 rings (SSSR count). The summed E-state index contributed by atoms with van der Waals surface area (Å²) >= 11 is 0. The van der Waals surface area contributed by atoms with E-state index in [0.717, 1.165) is 0 Å². The number of aliphatic carboxylic acids is 2. The molecule has 0 aromatic heterocycles. The van der Waals surface area contributed by atoms with E-state index in [4.69, 9.17) is 10.2 Å². The van der Waals surface area contributed by atoms with E-state index in [1.54, 1.807) is 0 Å². The van der Waals surface area contributed by atoms with Crippen LogP contribution in [0.4, 0.5) is 0 Å². The molecule has 4 heteroatoms. The van der Waals surface area contributed by atoms with Crippen molar-refractivity contribution in [3.05, 3.63) is 0 Å². The first-order valence-electron chi connectivity index (χ1n) is 6.69. The lowest BCUT2D eigenvalue weighted by atomic mass is 9.74. The molecule has 2 N–H and O–H groups in total. The first-order chi connectivity index (χ1) is 8.25. The topological polar surface area (TPSA) is 74.6 Å². The normalized spacial score (nSPS) is 16.3. The van der Waals surface area contributed by atoms with Crippen molar-refractivity contribution in [2.45, 2.75) is 53.4 Å². The quantitative estimate of drug-likeness (QED) is 0.665. The van der Waals surface area contributed by atoms with Crippen LogP contribution < -0.4 is 0 Å². The summed E-state index contributed by atoms with van der Waals surface area (Å²) in [6.45, 7) is 8.42. The van der Waals surface area contributed by atoms with Crippen LogP contribution in [-0.4, -0.2) is 22.2 Å². The number of carboxylic acid groups (broad SMARTS) is 2. The van der Waals surface area contributed by atoms with E-state index < -0.39 is 11.9 Å². The zero-order valence-corrected chi connectivity index (χ0v) is 11.8. The summed E-state index contributed by atoms with van der Waals surface area (Å²) in [5.41, 5.74) is 0. The summed E-state index contributed by atoms with van der Waals surface area (Å²) in [5.74, 6) is -0.139. The van der Waals surface area contributed by atoms with E-state index in [2.05, 4.69) is 20.8 Å². The van der Waals surface area contributed by atoms with E-state index in [1.807, 2.05) is 6.92 Å². The molecule has 0 bridgehead atoms. The van der Waals surface area contributed by atoms with Gasteiger partial charge in [-0.2, -0.15) is 0 Å². The molecular formula is C14H26O4. The molecule has 3 unspecified atom stereocenters. The Morgan fingerprint density at radius 2 is 1.33 bits per heavy atom. The summed E-state index contributed by atoms with van der Waals surface area (Å²) in [5, 5.41) is 17.5. The van der Waals surface area contributed by atoms with Crippen LogP contribution >= 0.6 is 0 Å². The van der Waals surface area contributed by atoms with E-state index in [-0.39, 0.29) is 24.7 Å². The summed E-state index contributed by atoms with van der Waals surface area (Å²) < 4.78 is 0. The molecule has 3 atom stereocenters.